The molecule has 3 rings (SSSR count). The molecule has 3 heterocycles. The number of aliphatic hydroxyl groups is 11. The highest BCUT2D eigenvalue weighted by molar-refractivity contribution is 5.76. The predicted molar refractivity (Wildman–Crippen MR) is 379 cm³/mol. The van der Waals surface area contributed by atoms with Crippen LogP contribution < -0.4 is 5.32 Å². The molecule has 19 heteroatoms. The molecule has 0 spiro atoms. The first-order valence-corrected chi connectivity index (χ1v) is 38.9. The second-order valence-electron chi connectivity index (χ2n) is 27.8. The number of carbonyl (C=O) groups excluding carboxylic acids is 1. The molecule has 96 heavy (non-hydrogen) atoms. The van der Waals surface area contributed by atoms with Gasteiger partial charge in [-0.1, -0.05) is 274 Å². The number of unbranched alkanes of at least 4 members (excludes halogenated alkanes) is 39. The van der Waals surface area contributed by atoms with Crippen molar-refractivity contribution in [3.63, 3.8) is 0 Å². The Labute approximate surface area is 580 Å². The van der Waals surface area contributed by atoms with E-state index in [1.54, 1.807) is 6.08 Å². The molecule has 17 atom stereocenters. The summed E-state index contributed by atoms with van der Waals surface area (Å²) in [6, 6.07) is -0.999. The number of ether oxygens (including phenoxy) is 6. The van der Waals surface area contributed by atoms with Crippen LogP contribution in [0.25, 0.3) is 0 Å². The number of carbonyl (C=O) groups is 1. The minimum atomic E-state index is -1.98. The molecule has 0 aromatic carbocycles. The van der Waals surface area contributed by atoms with Crippen molar-refractivity contribution >= 4 is 5.91 Å². The van der Waals surface area contributed by atoms with Gasteiger partial charge in [0.05, 0.1) is 38.6 Å². The third kappa shape index (κ3) is 38.7. The summed E-state index contributed by atoms with van der Waals surface area (Å²) in [5, 5.41) is 121. The van der Waals surface area contributed by atoms with E-state index in [1.807, 2.05) is 6.08 Å². The topological polar surface area (TPSA) is 307 Å². The second kappa shape index (κ2) is 58.3. The smallest absolute Gasteiger partial charge is 0.220 e. The van der Waals surface area contributed by atoms with E-state index in [-0.39, 0.29) is 18.9 Å². The Morgan fingerprint density at radius 2 is 0.667 bits per heavy atom. The van der Waals surface area contributed by atoms with Crippen LogP contribution in [-0.4, -0.2) is 193 Å². The van der Waals surface area contributed by atoms with Gasteiger partial charge in [0.2, 0.25) is 5.91 Å². The minimum Gasteiger partial charge on any atom is -0.394 e. The van der Waals surface area contributed by atoms with Gasteiger partial charge in [0.25, 0.3) is 0 Å². The van der Waals surface area contributed by atoms with Crippen molar-refractivity contribution < 1.29 is 89.4 Å². The number of allylic oxidation sites excluding steroid dienone is 7. The Morgan fingerprint density at radius 3 is 1.04 bits per heavy atom. The maximum absolute atomic E-state index is 13.4. The van der Waals surface area contributed by atoms with Crippen LogP contribution in [0.2, 0.25) is 0 Å². The fourth-order valence-corrected chi connectivity index (χ4v) is 13.0. The molecule has 19 nitrogen and oxygen atoms in total. The van der Waals surface area contributed by atoms with Crippen molar-refractivity contribution in [1.29, 1.82) is 0 Å². The molecular weight excluding hydrogens is 1230 g/mol. The van der Waals surface area contributed by atoms with Crippen molar-refractivity contribution in [3.05, 3.63) is 48.6 Å². The molecule has 3 saturated heterocycles. The van der Waals surface area contributed by atoms with Gasteiger partial charge < -0.3 is 89.9 Å². The third-order valence-corrected chi connectivity index (χ3v) is 19.3. The molecule has 12 N–H and O–H groups in total. The molecule has 0 bridgehead atoms. The van der Waals surface area contributed by atoms with Crippen LogP contribution in [0.15, 0.2) is 48.6 Å². The van der Waals surface area contributed by atoms with Gasteiger partial charge in [-0.05, 0) is 70.6 Å². The average Bonchev–Trinajstić information content (AvgIpc) is 0.798. The Kier molecular flexibility index (Phi) is 53.4. The molecular formula is C77H141NO18. The molecule has 0 saturated carbocycles. The first-order chi connectivity index (χ1) is 46.8. The van der Waals surface area contributed by atoms with Gasteiger partial charge in [-0.3, -0.25) is 4.79 Å². The fourth-order valence-electron chi connectivity index (χ4n) is 13.0. The highest BCUT2D eigenvalue weighted by atomic mass is 16.8. The summed E-state index contributed by atoms with van der Waals surface area (Å²) < 4.78 is 34.4. The van der Waals surface area contributed by atoms with E-state index in [1.165, 1.54) is 212 Å². The zero-order chi connectivity index (χ0) is 69.6. The number of aliphatic hydroxyl groups excluding tert-OH is 11. The van der Waals surface area contributed by atoms with E-state index in [0.29, 0.717) is 12.8 Å². The van der Waals surface area contributed by atoms with Crippen LogP contribution in [0.3, 0.4) is 0 Å². The molecule has 0 radical (unpaired) electrons. The van der Waals surface area contributed by atoms with E-state index < -0.39 is 124 Å². The molecule has 0 aromatic heterocycles. The summed E-state index contributed by atoms with van der Waals surface area (Å²) in [5.41, 5.74) is 0. The molecule has 0 aliphatic carbocycles. The largest absolute Gasteiger partial charge is 0.394 e. The Hall–Kier alpha value is -2.25. The Balaban J connectivity index is 1.40. The van der Waals surface area contributed by atoms with E-state index in [0.717, 1.165) is 57.8 Å². The van der Waals surface area contributed by atoms with Gasteiger partial charge in [0, 0.05) is 6.42 Å². The first-order valence-electron chi connectivity index (χ1n) is 38.9. The molecule has 0 aromatic rings. The maximum Gasteiger partial charge on any atom is 0.220 e. The van der Waals surface area contributed by atoms with Gasteiger partial charge in [-0.15, -0.1) is 0 Å². The zero-order valence-electron chi connectivity index (χ0n) is 59.9. The lowest BCUT2D eigenvalue weighted by Gasteiger charge is -2.48. The van der Waals surface area contributed by atoms with Crippen LogP contribution in [0, 0.1) is 0 Å². The SMILES string of the molecule is CCCCCCCC/C=C\CCCCCCCCCCCC(=O)NC(COC1OC(CO)C(OC2OC(CO)C(OC3OC(CO)C(O)C(O)C3O)C(O)C2O)C(O)C1O)C(O)/C=C/CC/C=C/CC/C=C/CCCCCCCCCCCCCCCCCCCCCCCC. The van der Waals surface area contributed by atoms with Crippen LogP contribution in [0.1, 0.15) is 303 Å². The van der Waals surface area contributed by atoms with Crippen molar-refractivity contribution in [3.8, 4) is 0 Å². The number of rotatable bonds is 61. The monoisotopic (exact) mass is 1370 g/mol. The van der Waals surface area contributed by atoms with E-state index in [2.05, 4.69) is 55.6 Å². The van der Waals surface area contributed by atoms with Crippen molar-refractivity contribution in [2.75, 3.05) is 26.4 Å². The number of hydrogen-bond acceptors (Lipinski definition) is 18. The first kappa shape index (κ1) is 88.0. The summed E-state index contributed by atoms with van der Waals surface area (Å²) in [7, 11) is 0. The molecule has 1 amide bonds. The number of hydrogen-bond donors (Lipinski definition) is 12. The normalized spacial score (nSPS) is 27.3. The fraction of sp³-hybridized carbons (Fsp3) is 0.883. The van der Waals surface area contributed by atoms with Crippen molar-refractivity contribution in [1.82, 2.24) is 5.32 Å². The zero-order valence-corrected chi connectivity index (χ0v) is 59.9. The van der Waals surface area contributed by atoms with Crippen LogP contribution >= 0.6 is 0 Å². The Morgan fingerprint density at radius 1 is 0.365 bits per heavy atom. The van der Waals surface area contributed by atoms with Crippen LogP contribution in [0.4, 0.5) is 0 Å². The summed E-state index contributed by atoms with van der Waals surface area (Å²) >= 11 is 0. The minimum absolute atomic E-state index is 0.230. The van der Waals surface area contributed by atoms with Gasteiger partial charge in [0.15, 0.2) is 18.9 Å². The van der Waals surface area contributed by atoms with Crippen molar-refractivity contribution in [2.24, 2.45) is 0 Å². The van der Waals surface area contributed by atoms with E-state index >= 15 is 0 Å². The number of nitrogens with one attached hydrogen (secondary N) is 1. The van der Waals surface area contributed by atoms with Crippen molar-refractivity contribution in [2.45, 2.75) is 407 Å². The van der Waals surface area contributed by atoms with Crippen LogP contribution in [0.5, 0.6) is 0 Å². The van der Waals surface area contributed by atoms with Gasteiger partial charge in [-0.2, -0.15) is 0 Å². The van der Waals surface area contributed by atoms with Gasteiger partial charge in [0.1, 0.15) is 73.2 Å². The summed E-state index contributed by atoms with van der Waals surface area (Å²) in [6.07, 6.45) is 45.4. The van der Waals surface area contributed by atoms with E-state index in [9.17, 15) is 61.0 Å². The maximum atomic E-state index is 13.4. The average molecular weight is 1370 g/mol. The number of amides is 1. The van der Waals surface area contributed by atoms with Gasteiger partial charge in [-0.25, -0.2) is 0 Å². The predicted octanol–water partition coefficient (Wildman–Crippen LogP) is 12.1. The van der Waals surface area contributed by atoms with E-state index in [4.69, 9.17) is 28.4 Å². The lowest BCUT2D eigenvalue weighted by Crippen LogP contribution is -2.66. The standard InChI is InChI=1S/C77H141NO18/c1-3-5-7-9-11-13-15-17-19-21-23-24-25-26-27-28-29-30-31-32-33-34-35-37-38-40-42-44-46-48-50-52-54-61(82)60(78-65(83)55-53-51-49-47-45-43-41-39-36-22-20-18-16-14-12-10-8-6-4-2)59-91-75-71(89)68(86)73(63(57-80)93-75)96-77-72(90)69(87)74(64(58-81)94-77)95-76-70(88)67(85)66(84)62(56-79)92-76/h18,20,37-38,44,46,52,54,60-64,66-77,79-82,84-90H,3-17,19,21-36,39-43,45,47-51,53,55-59H2,1-2H3,(H,78,83)/b20-18-,38-37+,46-44+,54-52+. The molecule has 3 aliphatic heterocycles. The third-order valence-electron chi connectivity index (χ3n) is 19.3. The molecule has 3 fully saturated rings. The lowest BCUT2D eigenvalue weighted by molar-refractivity contribution is -0.379. The second-order valence-corrected chi connectivity index (χ2v) is 27.8. The molecule has 17 unspecified atom stereocenters. The highest BCUT2D eigenvalue weighted by Crippen LogP contribution is 2.33. The lowest BCUT2D eigenvalue weighted by atomic mass is 9.96. The van der Waals surface area contributed by atoms with Crippen LogP contribution in [-0.2, 0) is 33.2 Å². The van der Waals surface area contributed by atoms with Gasteiger partial charge >= 0.3 is 0 Å². The summed E-state index contributed by atoms with van der Waals surface area (Å²) in [6.45, 7) is 1.74. The summed E-state index contributed by atoms with van der Waals surface area (Å²) in [4.78, 5) is 13.4. The quantitative estimate of drug-likeness (QED) is 0.0199. The summed E-state index contributed by atoms with van der Waals surface area (Å²) in [5.74, 6) is -0.290. The molecule has 3 aliphatic rings. The highest BCUT2D eigenvalue weighted by Gasteiger charge is 2.53. The molecule has 562 valence electrons. The Bertz CT molecular complexity index is 1930.